The molecule has 0 spiro atoms. The van der Waals surface area contributed by atoms with Gasteiger partial charge in [0, 0.05) is 18.9 Å². The average Bonchev–Trinajstić information content (AvgIpc) is 2.48. The van der Waals surface area contributed by atoms with Crippen LogP contribution in [0.4, 0.5) is 5.82 Å². The van der Waals surface area contributed by atoms with E-state index in [0.717, 1.165) is 0 Å². The molecule has 0 saturated carbocycles. The number of hydrogen-bond acceptors (Lipinski definition) is 4. The van der Waals surface area contributed by atoms with Crippen molar-refractivity contribution in [3.8, 4) is 0 Å². The molecule has 0 aliphatic carbocycles. The highest BCUT2D eigenvalue weighted by Gasteiger charge is 2.15. The molecular formula is C15H14N2O3. The van der Waals surface area contributed by atoms with Crippen LogP contribution in [0.3, 0.4) is 0 Å². The monoisotopic (exact) mass is 270 g/mol. The molecule has 2 aromatic rings. The minimum Gasteiger partial charge on any atom is -0.375 e. The van der Waals surface area contributed by atoms with Crippen molar-refractivity contribution in [2.45, 2.75) is 0 Å². The van der Waals surface area contributed by atoms with E-state index in [0.29, 0.717) is 11.1 Å². The third-order valence-corrected chi connectivity index (χ3v) is 2.62. The summed E-state index contributed by atoms with van der Waals surface area (Å²) in [7, 11) is 1.42. The van der Waals surface area contributed by atoms with Crippen LogP contribution >= 0.6 is 0 Å². The Labute approximate surface area is 116 Å². The van der Waals surface area contributed by atoms with Gasteiger partial charge >= 0.3 is 0 Å². The van der Waals surface area contributed by atoms with E-state index in [1.54, 1.807) is 36.4 Å². The predicted octanol–water partition coefficient (Wildman–Crippen LogP) is 1.90. The molecule has 1 aromatic heterocycles. The van der Waals surface area contributed by atoms with Crippen LogP contribution in [0.2, 0.25) is 0 Å². The van der Waals surface area contributed by atoms with Crippen molar-refractivity contribution in [3.63, 3.8) is 0 Å². The lowest BCUT2D eigenvalue weighted by molar-refractivity contribution is -0.119. The first-order valence-electron chi connectivity index (χ1n) is 6.06. The number of carbonyl (C=O) groups is 2. The zero-order valence-electron chi connectivity index (χ0n) is 11.0. The summed E-state index contributed by atoms with van der Waals surface area (Å²) in [5.74, 6) is -0.303. The second-order valence-corrected chi connectivity index (χ2v) is 4.08. The standard InChI is InChI=1S/C15H14N2O3/c1-20-10-13(18)17-15-12(8-5-9-16-15)14(19)11-6-3-2-4-7-11/h2-9H,10H2,1H3,(H,16,17,18). The predicted molar refractivity (Wildman–Crippen MR) is 74.6 cm³/mol. The molecule has 5 nitrogen and oxygen atoms in total. The van der Waals surface area contributed by atoms with Gasteiger partial charge in [-0.25, -0.2) is 4.98 Å². The molecule has 0 saturated heterocycles. The molecule has 1 amide bonds. The molecule has 1 aromatic carbocycles. The number of hydrogen-bond donors (Lipinski definition) is 1. The number of pyridine rings is 1. The smallest absolute Gasteiger partial charge is 0.251 e. The number of amides is 1. The van der Waals surface area contributed by atoms with Crippen LogP contribution in [-0.2, 0) is 9.53 Å². The summed E-state index contributed by atoms with van der Waals surface area (Å²) in [4.78, 5) is 28.0. The Kier molecular flexibility index (Phi) is 4.57. The number of ether oxygens (including phenoxy) is 1. The summed E-state index contributed by atoms with van der Waals surface area (Å²) in [6.45, 7) is -0.0878. The summed E-state index contributed by atoms with van der Waals surface area (Å²) < 4.78 is 4.74. The number of nitrogens with zero attached hydrogens (tertiary/aromatic N) is 1. The molecule has 0 radical (unpaired) electrons. The van der Waals surface area contributed by atoms with Gasteiger partial charge in [0.2, 0.25) is 0 Å². The lowest BCUT2D eigenvalue weighted by Crippen LogP contribution is -2.20. The van der Waals surface area contributed by atoms with Crippen molar-refractivity contribution in [3.05, 3.63) is 59.8 Å². The van der Waals surface area contributed by atoms with Crippen molar-refractivity contribution in [2.75, 3.05) is 19.0 Å². The van der Waals surface area contributed by atoms with Gasteiger partial charge in [-0.2, -0.15) is 0 Å². The van der Waals surface area contributed by atoms with Crippen LogP contribution in [0.15, 0.2) is 48.7 Å². The minimum atomic E-state index is -0.353. The Morgan fingerprint density at radius 3 is 2.60 bits per heavy atom. The van der Waals surface area contributed by atoms with E-state index in [1.807, 2.05) is 6.07 Å². The molecule has 102 valence electrons. The Balaban J connectivity index is 2.28. The molecule has 1 N–H and O–H groups in total. The van der Waals surface area contributed by atoms with Crippen LogP contribution in [0.25, 0.3) is 0 Å². The third-order valence-electron chi connectivity index (χ3n) is 2.62. The molecule has 0 fully saturated rings. The van der Waals surface area contributed by atoms with Crippen molar-refractivity contribution < 1.29 is 14.3 Å². The van der Waals surface area contributed by atoms with Crippen molar-refractivity contribution in [2.24, 2.45) is 0 Å². The fourth-order valence-electron chi connectivity index (χ4n) is 1.73. The average molecular weight is 270 g/mol. The fraction of sp³-hybridized carbons (Fsp3) is 0.133. The van der Waals surface area contributed by atoms with E-state index in [1.165, 1.54) is 13.3 Å². The maximum Gasteiger partial charge on any atom is 0.251 e. The topological polar surface area (TPSA) is 68.3 Å². The first-order chi connectivity index (χ1) is 9.72. The summed E-state index contributed by atoms with van der Waals surface area (Å²) in [6, 6.07) is 12.1. The second-order valence-electron chi connectivity index (χ2n) is 4.08. The van der Waals surface area contributed by atoms with Gasteiger partial charge in [0.25, 0.3) is 5.91 Å². The Bertz CT molecular complexity index is 612. The number of nitrogens with one attached hydrogen (secondary N) is 1. The Morgan fingerprint density at radius 2 is 1.90 bits per heavy atom. The quantitative estimate of drug-likeness (QED) is 0.842. The first-order valence-corrected chi connectivity index (χ1v) is 6.06. The normalized spacial score (nSPS) is 10.1. The van der Waals surface area contributed by atoms with Crippen molar-refractivity contribution in [1.82, 2.24) is 4.98 Å². The lowest BCUT2D eigenvalue weighted by Gasteiger charge is -2.08. The zero-order valence-corrected chi connectivity index (χ0v) is 11.0. The molecule has 2 rings (SSSR count). The zero-order chi connectivity index (χ0) is 14.4. The molecule has 0 unspecified atom stereocenters. The first kappa shape index (κ1) is 13.9. The lowest BCUT2D eigenvalue weighted by atomic mass is 10.0. The van der Waals surface area contributed by atoms with Crippen LogP contribution in [-0.4, -0.2) is 30.4 Å². The third kappa shape index (κ3) is 3.27. The maximum atomic E-state index is 12.4. The van der Waals surface area contributed by atoms with Gasteiger partial charge in [-0.1, -0.05) is 30.3 Å². The number of benzene rings is 1. The van der Waals surface area contributed by atoms with Gasteiger partial charge < -0.3 is 10.1 Å². The van der Waals surface area contributed by atoms with Gasteiger partial charge in [-0.15, -0.1) is 0 Å². The van der Waals surface area contributed by atoms with E-state index in [9.17, 15) is 9.59 Å². The number of methoxy groups -OCH3 is 1. The number of anilines is 1. The van der Waals surface area contributed by atoms with Crippen LogP contribution in [0.5, 0.6) is 0 Å². The highest BCUT2D eigenvalue weighted by Crippen LogP contribution is 2.16. The Hall–Kier alpha value is -2.53. The minimum absolute atomic E-state index is 0.0878. The van der Waals surface area contributed by atoms with Gasteiger partial charge in [0.05, 0.1) is 5.56 Å². The highest BCUT2D eigenvalue weighted by atomic mass is 16.5. The summed E-state index contributed by atoms with van der Waals surface area (Å²) >= 11 is 0. The molecule has 0 aliphatic heterocycles. The molecule has 5 heteroatoms. The summed E-state index contributed by atoms with van der Waals surface area (Å²) in [6.07, 6.45) is 1.52. The fourth-order valence-corrected chi connectivity index (χ4v) is 1.73. The number of carbonyl (C=O) groups excluding carboxylic acids is 2. The maximum absolute atomic E-state index is 12.4. The SMILES string of the molecule is COCC(=O)Nc1ncccc1C(=O)c1ccccc1. The van der Waals surface area contributed by atoms with Crippen LogP contribution in [0, 0.1) is 0 Å². The Morgan fingerprint density at radius 1 is 1.15 bits per heavy atom. The van der Waals surface area contributed by atoms with E-state index < -0.39 is 0 Å². The highest BCUT2D eigenvalue weighted by molar-refractivity contribution is 6.13. The van der Waals surface area contributed by atoms with Gasteiger partial charge in [-0.05, 0) is 12.1 Å². The van der Waals surface area contributed by atoms with E-state index in [4.69, 9.17) is 4.74 Å². The summed E-state index contributed by atoms with van der Waals surface area (Å²) in [5, 5.41) is 2.57. The van der Waals surface area contributed by atoms with Gasteiger partial charge in [0.15, 0.2) is 5.78 Å². The molecule has 20 heavy (non-hydrogen) atoms. The molecule has 0 aliphatic rings. The molecule has 0 atom stereocenters. The van der Waals surface area contributed by atoms with Crippen LogP contribution in [0.1, 0.15) is 15.9 Å². The van der Waals surface area contributed by atoms with E-state index >= 15 is 0 Å². The summed E-state index contributed by atoms with van der Waals surface area (Å²) in [5.41, 5.74) is 0.894. The molecule has 1 heterocycles. The van der Waals surface area contributed by atoms with Gasteiger partial charge in [0.1, 0.15) is 12.4 Å². The second kappa shape index (κ2) is 6.58. The van der Waals surface area contributed by atoms with Crippen molar-refractivity contribution in [1.29, 1.82) is 0 Å². The number of aromatic nitrogens is 1. The van der Waals surface area contributed by atoms with E-state index in [-0.39, 0.29) is 24.1 Å². The van der Waals surface area contributed by atoms with E-state index in [2.05, 4.69) is 10.3 Å². The van der Waals surface area contributed by atoms with Gasteiger partial charge in [-0.3, -0.25) is 9.59 Å². The largest absolute Gasteiger partial charge is 0.375 e. The van der Waals surface area contributed by atoms with Crippen molar-refractivity contribution >= 4 is 17.5 Å². The van der Waals surface area contributed by atoms with Crippen LogP contribution < -0.4 is 5.32 Å². The number of rotatable bonds is 5. The number of ketones is 1. The molecular weight excluding hydrogens is 256 g/mol. The molecule has 0 bridgehead atoms.